The van der Waals surface area contributed by atoms with Crippen LogP contribution in [0.1, 0.15) is 412 Å². The Labute approximate surface area is 832 Å². The summed E-state index contributed by atoms with van der Waals surface area (Å²) in [7, 11) is 3.33. The lowest BCUT2D eigenvalue weighted by Crippen LogP contribution is -2.46. The number of fused-ring (bicyclic) bond motifs is 15. The van der Waals surface area contributed by atoms with Gasteiger partial charge in [-0.2, -0.15) is 31.6 Å². The van der Waals surface area contributed by atoms with Gasteiger partial charge in [0.15, 0.2) is 11.6 Å². The maximum atomic E-state index is 13.4. The minimum atomic E-state index is -4.29. The number of aliphatic hydroxyl groups excluding tert-OH is 2. The molecule has 768 valence electrons. The molecular weight excluding hydrogens is 1780 g/mol. The molecule has 140 heavy (non-hydrogen) atoms. The minimum Gasteiger partial charge on any atom is -0.508 e. The van der Waals surface area contributed by atoms with E-state index in [4.69, 9.17) is 33.2 Å². The summed E-state index contributed by atoms with van der Waals surface area (Å²) in [6, 6.07) is 25.0. The third-order valence-electron chi connectivity index (χ3n) is 34.4. The molecule has 17 rings (SSSR count). The van der Waals surface area contributed by atoms with Crippen molar-refractivity contribution in [2.75, 3.05) is 14.2 Å². The number of Topliss-reactive ketones (excluding diaryl/α,β-unsaturated/α-hetero) is 2. The average Bonchev–Trinajstić information content (AvgIpc) is 1.35. The standard InChI is InChI=1S/2C26H36O4.C23H31F3O2.C23H31NO2.C22H29F3O/c2*1-6-9-25(2,3)17-13-22(29)24-18-10-15(20(27)11-16-12-21(16)28)7-8-19(18)26(4,5)30-23(24)14-17;1-7-10-21(2,3)15-12-18(27-6)20-16-11-14(23(24,25)26)8-9-17(16)22(4,5)28-19(20)13-15;1-7-10-22(2,3)16-12-19(25-6)21-17-11-15(14-24)8-9-18(17)23(4,5)26-20(21)13-16;1-6-11-20(2,3)14-7-9-16-17-12-15(22(23,24)25)8-10-18(17)21(4,5)26-19(16)13-14/h2*7,13-14,16,18-19,21,28-29H,6,8-12H2,1-5H3;8,12-13,16-17H,7,9-11H2,1-6H3;8,12-13,17-18H,7,9-11H2,1-6H3;7-9,13,17-18H,6,10-12H2,1-5H3/t16?,18-,19-,21+;16?,18-,19-,21-;16-,17-;17-,18-;17-,18+/m11110/s1. The summed E-state index contributed by atoms with van der Waals surface area (Å²) in [4.78, 5) is 25.6. The molecule has 12 aliphatic rings. The molecule has 5 aliphatic heterocycles. The molecule has 0 amide bonds. The molecule has 5 aromatic rings. The molecule has 0 saturated heterocycles. The second-order valence-corrected chi connectivity index (χ2v) is 48.8. The van der Waals surface area contributed by atoms with Gasteiger partial charge in [0, 0.05) is 105 Å². The SMILES string of the molecule is CCCC(C)(C)c1cc(O)c2c(c1)OC(C)(C)[C@@H]1CC=C(C(=O)CC3C[C@@H]3O)C[C@@H]21.CCCC(C)(C)c1cc(O)c2c(c1)OC(C)(C)[C@@H]1CC=C(C(=O)CC3C[C@H]3O)C[C@@H]21.CCCC(C)(C)c1cc(OC)c2c(c1)OC(C)(C)[C@@H]1CC=C(C#N)C[C@@H]21.CCCC(C)(C)c1cc(OC)c2c(c1)OC(C)(C)[C@@H]1CC=C(C(F)(F)F)C[C@@H]21.CCCC(C)(C)c1ccc2c(c1)OC(C)(C)[C@@H]1CC=C(C(F)(F)F)C[C@@H]21. The quantitative estimate of drug-likeness (QED) is 0.0355. The number of hydrogen-bond acceptors (Lipinski definition) is 14. The van der Waals surface area contributed by atoms with E-state index < -0.39 is 34.7 Å². The number of allylic oxidation sites excluding steroid dienone is 10. The molecule has 4 N–H and O–H groups in total. The van der Waals surface area contributed by atoms with Crippen LogP contribution in [0.2, 0.25) is 0 Å². The van der Waals surface area contributed by atoms with Crippen molar-refractivity contribution in [1.82, 2.24) is 0 Å². The Kier molecular flexibility index (Phi) is 31.6. The molecule has 0 aromatic heterocycles. The Morgan fingerprint density at radius 1 is 0.386 bits per heavy atom. The predicted molar refractivity (Wildman–Crippen MR) is 545 cm³/mol. The largest absolute Gasteiger partial charge is 0.508 e. The maximum Gasteiger partial charge on any atom is 0.412 e. The summed E-state index contributed by atoms with van der Waals surface area (Å²) < 4.78 is 124. The fraction of sp³-hybridized carbons (Fsp3) is 0.642. The molecule has 0 radical (unpaired) electrons. The van der Waals surface area contributed by atoms with Crippen LogP contribution in [0.5, 0.6) is 51.7 Å². The van der Waals surface area contributed by atoms with Crippen molar-refractivity contribution in [2.45, 2.75) is 436 Å². The van der Waals surface area contributed by atoms with Gasteiger partial charge in [0.1, 0.15) is 79.8 Å². The van der Waals surface area contributed by atoms with Crippen molar-refractivity contribution < 1.29 is 89.5 Å². The molecule has 7 aliphatic carbocycles. The summed E-state index contributed by atoms with van der Waals surface area (Å²) in [6.45, 7) is 53.9. The average molecular weight is 1940 g/mol. The molecule has 0 spiro atoms. The van der Waals surface area contributed by atoms with Crippen LogP contribution < -0.4 is 33.2 Å². The monoisotopic (exact) mass is 1940 g/mol. The van der Waals surface area contributed by atoms with E-state index in [9.17, 15) is 61.6 Å². The molecular formula is C120H163F6NO13. The Bertz CT molecular complexity index is 5450. The molecule has 2 fully saturated rings. The Hall–Kier alpha value is -8.67. The number of nitrogens with zero attached hydrogens (tertiary/aromatic N) is 1. The second-order valence-electron chi connectivity index (χ2n) is 48.8. The fourth-order valence-electron chi connectivity index (χ4n) is 25.6. The lowest BCUT2D eigenvalue weighted by atomic mass is 9.66. The first-order valence-corrected chi connectivity index (χ1v) is 52.4. The number of rotatable bonds is 23. The summed E-state index contributed by atoms with van der Waals surface area (Å²) in [5.41, 5.74) is 10.1. The number of aliphatic hydroxyl groups is 2. The fourth-order valence-corrected chi connectivity index (χ4v) is 25.6. The number of phenols is 2. The van der Waals surface area contributed by atoms with E-state index in [0.717, 1.165) is 193 Å². The minimum absolute atomic E-state index is 0.0190. The second kappa shape index (κ2) is 40.7. The number of nitriles is 1. The zero-order chi connectivity index (χ0) is 103. The van der Waals surface area contributed by atoms with Gasteiger partial charge in [0.25, 0.3) is 0 Å². The van der Waals surface area contributed by atoms with Crippen molar-refractivity contribution >= 4 is 11.6 Å². The van der Waals surface area contributed by atoms with Gasteiger partial charge in [0.05, 0.1) is 32.5 Å². The molecule has 14 nitrogen and oxygen atoms in total. The number of phenolic OH excluding ortho intramolecular Hbond substituents is 2. The van der Waals surface area contributed by atoms with Gasteiger partial charge in [-0.3, -0.25) is 9.59 Å². The van der Waals surface area contributed by atoms with E-state index in [-0.39, 0.29) is 146 Å². The van der Waals surface area contributed by atoms with Gasteiger partial charge in [-0.05, 0) is 322 Å². The lowest BCUT2D eigenvalue weighted by molar-refractivity contribution is -0.117. The molecule has 5 heterocycles. The Morgan fingerprint density at radius 3 is 0.986 bits per heavy atom. The van der Waals surface area contributed by atoms with Crippen LogP contribution in [-0.4, -0.2) is 98.8 Å². The van der Waals surface area contributed by atoms with Crippen molar-refractivity contribution in [3.8, 4) is 57.8 Å². The van der Waals surface area contributed by atoms with E-state index in [2.05, 4.69) is 206 Å². The van der Waals surface area contributed by atoms with Crippen LogP contribution in [0.4, 0.5) is 26.3 Å². The topological polar surface area (TPSA) is 203 Å². The highest BCUT2D eigenvalue weighted by Crippen LogP contribution is 2.63. The predicted octanol–water partition coefficient (Wildman–Crippen LogP) is 30.5. The number of carbonyl (C=O) groups is 2. The number of alkyl halides is 6. The van der Waals surface area contributed by atoms with E-state index in [1.54, 1.807) is 14.2 Å². The highest BCUT2D eigenvalue weighted by Gasteiger charge is 2.56. The zero-order valence-corrected chi connectivity index (χ0v) is 89.0. The van der Waals surface area contributed by atoms with Gasteiger partial charge < -0.3 is 53.6 Å². The normalized spacial score (nSPS) is 26.4. The number of ether oxygens (including phenoxy) is 7. The highest BCUT2D eigenvalue weighted by atomic mass is 19.4. The number of hydrogen-bond donors (Lipinski definition) is 4. The first-order valence-electron chi connectivity index (χ1n) is 52.4. The third kappa shape index (κ3) is 23.0. The maximum absolute atomic E-state index is 13.4. The van der Waals surface area contributed by atoms with Crippen molar-refractivity contribution in [1.29, 1.82) is 5.26 Å². The van der Waals surface area contributed by atoms with E-state index >= 15 is 0 Å². The number of aromatic hydroxyl groups is 2. The van der Waals surface area contributed by atoms with Gasteiger partial charge in [-0.25, -0.2) is 0 Å². The highest BCUT2D eigenvalue weighted by molar-refractivity contribution is 5.97. The summed E-state index contributed by atoms with van der Waals surface area (Å²) in [5, 5.41) is 50.8. The van der Waals surface area contributed by atoms with Gasteiger partial charge >= 0.3 is 12.4 Å². The Balaban J connectivity index is 0.000000148. The van der Waals surface area contributed by atoms with Crippen LogP contribution in [-0.2, 0) is 36.7 Å². The van der Waals surface area contributed by atoms with Crippen molar-refractivity contribution in [3.63, 3.8) is 0 Å². The summed E-state index contributed by atoms with van der Waals surface area (Å²) >= 11 is 0. The van der Waals surface area contributed by atoms with Crippen LogP contribution in [0.25, 0.3) is 0 Å². The zero-order valence-electron chi connectivity index (χ0n) is 89.0. The molecule has 2 unspecified atom stereocenters. The van der Waals surface area contributed by atoms with E-state index in [0.29, 0.717) is 67.4 Å². The van der Waals surface area contributed by atoms with E-state index in [1.807, 2.05) is 58.0 Å². The summed E-state index contributed by atoms with van der Waals surface area (Å²) in [5.74, 6) is 7.47. The van der Waals surface area contributed by atoms with Gasteiger partial charge in [-0.15, -0.1) is 0 Å². The van der Waals surface area contributed by atoms with Crippen LogP contribution in [0.3, 0.4) is 0 Å². The first-order chi connectivity index (χ1) is 65.1. The van der Waals surface area contributed by atoms with Crippen molar-refractivity contribution in [2.24, 2.45) is 41.4 Å². The molecule has 14 atom stereocenters. The van der Waals surface area contributed by atoms with E-state index in [1.165, 1.54) is 23.3 Å². The number of carbonyl (C=O) groups excluding carboxylic acids is 2. The van der Waals surface area contributed by atoms with Crippen LogP contribution >= 0.6 is 0 Å². The molecule has 20 heteroatoms. The molecule has 5 aromatic carbocycles. The number of benzene rings is 5. The summed E-state index contributed by atoms with van der Waals surface area (Å²) in [6.07, 6.45) is 18.1. The first kappa shape index (κ1) is 109. The molecule has 0 bridgehead atoms. The van der Waals surface area contributed by atoms with Crippen LogP contribution in [0, 0.1) is 52.8 Å². The molecule has 2 saturated carbocycles. The van der Waals surface area contributed by atoms with Gasteiger partial charge in [-0.1, -0.05) is 178 Å². The third-order valence-corrected chi connectivity index (χ3v) is 34.4. The number of ketones is 2. The van der Waals surface area contributed by atoms with Crippen molar-refractivity contribution in [3.05, 3.63) is 181 Å². The lowest BCUT2D eigenvalue weighted by Gasteiger charge is -2.47. The Morgan fingerprint density at radius 2 is 0.664 bits per heavy atom. The number of methoxy groups -OCH3 is 2. The van der Waals surface area contributed by atoms with Gasteiger partial charge in [0.2, 0.25) is 0 Å². The number of halogens is 6. The van der Waals surface area contributed by atoms with Crippen LogP contribution in [0.15, 0.2) is 125 Å². The smallest absolute Gasteiger partial charge is 0.412 e.